The second-order valence-corrected chi connectivity index (χ2v) is 15.3. The van der Waals surface area contributed by atoms with Gasteiger partial charge in [0.2, 0.25) is 5.91 Å². The average Bonchev–Trinajstić information content (AvgIpc) is 3.09. The lowest BCUT2D eigenvalue weighted by Gasteiger charge is -2.23. The SMILES string of the molecule is CCCCCCCCC/C=C\CCCCCCCC(=O)NC(COP(=O)(O)OCCN)C(O)/C=C/CCCCCCCCCCCCCC. The number of aliphatic hydroxyl groups excluding tert-OH is 1. The fraction of sp³-hybridized carbons (Fsp3) is 0.875. The Hall–Kier alpha value is -1.02. The molecule has 0 aromatic rings. The molecular weight excluding hydrogens is 635 g/mol. The highest BCUT2D eigenvalue weighted by molar-refractivity contribution is 7.47. The normalized spacial score (nSPS) is 14.5. The van der Waals surface area contributed by atoms with Gasteiger partial charge in [0.1, 0.15) is 0 Å². The Labute approximate surface area is 302 Å². The second kappa shape index (κ2) is 36.8. The monoisotopic (exact) mass is 715 g/mol. The average molecular weight is 715 g/mol. The van der Waals surface area contributed by atoms with Crippen molar-refractivity contribution in [3.63, 3.8) is 0 Å². The minimum atomic E-state index is -4.33. The number of carbonyl (C=O) groups excluding carboxylic acids is 1. The van der Waals surface area contributed by atoms with Crippen LogP contribution in [0.15, 0.2) is 24.3 Å². The molecule has 0 saturated carbocycles. The molecule has 0 aliphatic carbocycles. The Balaban J connectivity index is 4.27. The summed E-state index contributed by atoms with van der Waals surface area (Å²) in [5, 5.41) is 13.6. The maximum atomic E-state index is 12.7. The first-order chi connectivity index (χ1) is 23.9. The molecule has 3 atom stereocenters. The Morgan fingerprint density at radius 3 is 1.51 bits per heavy atom. The first-order valence-corrected chi connectivity index (χ1v) is 22.0. The number of phosphoric ester groups is 1. The molecule has 9 heteroatoms. The summed E-state index contributed by atoms with van der Waals surface area (Å²) < 4.78 is 22.1. The molecule has 0 radical (unpaired) electrons. The molecule has 0 aromatic carbocycles. The summed E-state index contributed by atoms with van der Waals surface area (Å²) in [5.74, 6) is -0.203. The van der Waals surface area contributed by atoms with Crippen LogP contribution in [0.1, 0.15) is 194 Å². The minimum Gasteiger partial charge on any atom is -0.387 e. The topological polar surface area (TPSA) is 131 Å². The number of aliphatic hydroxyl groups is 1. The molecule has 5 N–H and O–H groups in total. The lowest BCUT2D eigenvalue weighted by Crippen LogP contribution is -2.45. The van der Waals surface area contributed by atoms with Crippen LogP contribution in [-0.2, 0) is 18.4 Å². The number of amides is 1. The van der Waals surface area contributed by atoms with Crippen LogP contribution in [0.25, 0.3) is 0 Å². The predicted octanol–water partition coefficient (Wildman–Crippen LogP) is 11.0. The molecule has 0 heterocycles. The molecule has 0 aliphatic heterocycles. The van der Waals surface area contributed by atoms with Gasteiger partial charge in [-0.1, -0.05) is 167 Å². The Kier molecular flexibility index (Phi) is 36.0. The lowest BCUT2D eigenvalue weighted by molar-refractivity contribution is -0.123. The van der Waals surface area contributed by atoms with Gasteiger partial charge in [0.15, 0.2) is 0 Å². The van der Waals surface area contributed by atoms with Crippen molar-refractivity contribution in [1.82, 2.24) is 5.32 Å². The van der Waals surface area contributed by atoms with Crippen LogP contribution in [0, 0.1) is 0 Å². The smallest absolute Gasteiger partial charge is 0.387 e. The van der Waals surface area contributed by atoms with Crippen molar-refractivity contribution >= 4 is 13.7 Å². The molecule has 49 heavy (non-hydrogen) atoms. The molecule has 1 amide bonds. The number of allylic oxidation sites excluding steroid dienone is 3. The number of phosphoric acid groups is 1. The number of unbranched alkanes of at least 4 members (excludes halogenated alkanes) is 24. The molecular formula is C40H79N2O6P. The van der Waals surface area contributed by atoms with E-state index in [0.717, 1.165) is 51.4 Å². The van der Waals surface area contributed by atoms with E-state index in [1.54, 1.807) is 6.08 Å². The van der Waals surface area contributed by atoms with Gasteiger partial charge in [-0.15, -0.1) is 0 Å². The van der Waals surface area contributed by atoms with Gasteiger partial charge in [0, 0.05) is 13.0 Å². The predicted molar refractivity (Wildman–Crippen MR) is 208 cm³/mol. The zero-order chi connectivity index (χ0) is 36.1. The summed E-state index contributed by atoms with van der Waals surface area (Å²) in [6.45, 7) is 4.12. The van der Waals surface area contributed by atoms with Crippen LogP contribution < -0.4 is 11.1 Å². The van der Waals surface area contributed by atoms with Crippen LogP contribution in [0.2, 0.25) is 0 Å². The lowest BCUT2D eigenvalue weighted by atomic mass is 10.0. The maximum absolute atomic E-state index is 12.7. The molecule has 0 fully saturated rings. The third kappa shape index (κ3) is 35.2. The van der Waals surface area contributed by atoms with Gasteiger partial charge in [-0.2, -0.15) is 0 Å². The number of rotatable bonds is 38. The van der Waals surface area contributed by atoms with Crippen molar-refractivity contribution in [2.75, 3.05) is 19.8 Å². The number of hydrogen-bond donors (Lipinski definition) is 4. The van der Waals surface area contributed by atoms with Crippen LogP contribution in [-0.4, -0.2) is 47.8 Å². The van der Waals surface area contributed by atoms with Gasteiger partial charge < -0.3 is 21.1 Å². The van der Waals surface area contributed by atoms with Crippen molar-refractivity contribution < 1.29 is 28.4 Å². The van der Waals surface area contributed by atoms with E-state index in [-0.39, 0.29) is 25.7 Å². The maximum Gasteiger partial charge on any atom is 0.472 e. The summed E-state index contributed by atoms with van der Waals surface area (Å²) >= 11 is 0. The van der Waals surface area contributed by atoms with E-state index < -0.39 is 20.0 Å². The summed E-state index contributed by atoms with van der Waals surface area (Å²) in [5.41, 5.74) is 5.36. The van der Waals surface area contributed by atoms with Crippen molar-refractivity contribution in [3.05, 3.63) is 24.3 Å². The highest BCUT2D eigenvalue weighted by Gasteiger charge is 2.26. The van der Waals surface area contributed by atoms with Gasteiger partial charge >= 0.3 is 7.82 Å². The number of nitrogens with one attached hydrogen (secondary N) is 1. The van der Waals surface area contributed by atoms with Crippen molar-refractivity contribution in [3.8, 4) is 0 Å². The molecule has 0 bridgehead atoms. The van der Waals surface area contributed by atoms with Gasteiger partial charge in [-0.25, -0.2) is 4.57 Å². The van der Waals surface area contributed by atoms with Crippen molar-refractivity contribution in [2.24, 2.45) is 5.73 Å². The molecule has 3 unspecified atom stereocenters. The van der Waals surface area contributed by atoms with Gasteiger partial charge in [0.05, 0.1) is 25.4 Å². The van der Waals surface area contributed by atoms with E-state index >= 15 is 0 Å². The summed E-state index contributed by atoms with van der Waals surface area (Å²) in [7, 11) is -4.33. The second-order valence-electron chi connectivity index (χ2n) is 13.8. The van der Waals surface area contributed by atoms with Crippen molar-refractivity contribution in [2.45, 2.75) is 206 Å². The summed E-state index contributed by atoms with van der Waals surface area (Å²) in [6, 6.07) is -0.861. The molecule has 0 spiro atoms. The first kappa shape index (κ1) is 48.0. The minimum absolute atomic E-state index is 0.0779. The zero-order valence-corrected chi connectivity index (χ0v) is 32.8. The molecule has 290 valence electrons. The van der Waals surface area contributed by atoms with Gasteiger partial charge in [-0.3, -0.25) is 13.8 Å². The van der Waals surface area contributed by atoms with E-state index in [1.165, 1.54) is 122 Å². The zero-order valence-electron chi connectivity index (χ0n) is 31.9. The highest BCUT2D eigenvalue weighted by Crippen LogP contribution is 2.43. The Morgan fingerprint density at radius 1 is 0.653 bits per heavy atom. The fourth-order valence-electron chi connectivity index (χ4n) is 5.89. The third-order valence-corrected chi connectivity index (χ3v) is 10.0. The van der Waals surface area contributed by atoms with Gasteiger partial charge in [-0.05, 0) is 44.9 Å². The number of hydrogen-bond acceptors (Lipinski definition) is 6. The van der Waals surface area contributed by atoms with Crippen LogP contribution >= 0.6 is 7.82 Å². The summed E-state index contributed by atoms with van der Waals surface area (Å²) in [6.07, 6.45) is 40.7. The first-order valence-electron chi connectivity index (χ1n) is 20.5. The highest BCUT2D eigenvalue weighted by atomic mass is 31.2. The van der Waals surface area contributed by atoms with E-state index in [1.807, 2.05) is 6.08 Å². The quantitative estimate of drug-likeness (QED) is 0.0284. The van der Waals surface area contributed by atoms with Crippen LogP contribution in [0.5, 0.6) is 0 Å². The Bertz CT molecular complexity index is 825. The van der Waals surface area contributed by atoms with Crippen molar-refractivity contribution in [1.29, 1.82) is 0 Å². The standard InChI is InChI=1S/C40H79N2O6P/c1-3-5-7-9-11-13-15-17-19-20-22-24-26-28-30-32-34-40(44)42-38(37-48-49(45,46)47-36-35-41)39(43)33-31-29-27-25-23-21-18-16-14-12-10-8-6-4-2/h19-20,31,33,38-39,43H,3-18,21-30,32,34-37,41H2,1-2H3,(H,42,44)(H,45,46)/b20-19-,33-31+. The van der Waals surface area contributed by atoms with E-state index in [2.05, 4.69) is 31.3 Å². The molecule has 0 saturated heterocycles. The van der Waals surface area contributed by atoms with E-state index in [9.17, 15) is 19.4 Å². The molecule has 0 rings (SSSR count). The summed E-state index contributed by atoms with van der Waals surface area (Å²) in [4.78, 5) is 22.6. The third-order valence-electron chi connectivity index (χ3n) is 9.02. The Morgan fingerprint density at radius 2 is 1.06 bits per heavy atom. The molecule has 8 nitrogen and oxygen atoms in total. The van der Waals surface area contributed by atoms with Gasteiger partial charge in [0.25, 0.3) is 0 Å². The number of nitrogens with two attached hydrogens (primary N) is 1. The van der Waals surface area contributed by atoms with E-state index in [4.69, 9.17) is 14.8 Å². The molecule has 0 aliphatic rings. The molecule has 0 aromatic heterocycles. The fourth-order valence-corrected chi connectivity index (χ4v) is 6.65. The number of carbonyl (C=O) groups is 1. The van der Waals surface area contributed by atoms with Crippen LogP contribution in [0.4, 0.5) is 0 Å². The van der Waals surface area contributed by atoms with Crippen LogP contribution in [0.3, 0.4) is 0 Å². The van der Waals surface area contributed by atoms with E-state index in [0.29, 0.717) is 6.42 Å². The largest absolute Gasteiger partial charge is 0.472 e.